The molecule has 0 unspecified atom stereocenters. The molecular weight excluding hydrogens is 402 g/mol. The molecule has 1 amide bonds. The van der Waals surface area contributed by atoms with Gasteiger partial charge in [-0.05, 0) is 37.1 Å². The number of thioether (sulfide) groups is 1. The van der Waals surface area contributed by atoms with Gasteiger partial charge >= 0.3 is 0 Å². The van der Waals surface area contributed by atoms with Gasteiger partial charge in [0, 0.05) is 0 Å². The number of hydrogen-bond acceptors (Lipinski definition) is 6. The Morgan fingerprint density at radius 1 is 1.20 bits per heavy atom. The zero-order valence-corrected chi connectivity index (χ0v) is 17.8. The van der Waals surface area contributed by atoms with Gasteiger partial charge in [-0.2, -0.15) is 4.98 Å². The van der Waals surface area contributed by atoms with Crippen molar-refractivity contribution in [2.24, 2.45) is 0 Å². The van der Waals surface area contributed by atoms with Crippen LogP contribution < -0.4 is 15.6 Å². The lowest BCUT2D eigenvalue weighted by molar-refractivity contribution is -0.113. The Morgan fingerprint density at radius 3 is 2.60 bits per heavy atom. The van der Waals surface area contributed by atoms with Crippen LogP contribution in [0.25, 0.3) is 5.69 Å². The van der Waals surface area contributed by atoms with Gasteiger partial charge in [-0.3, -0.25) is 14.2 Å². The van der Waals surface area contributed by atoms with E-state index in [2.05, 4.69) is 10.3 Å². The third-order valence-electron chi connectivity index (χ3n) is 4.55. The average molecular weight is 426 g/mol. The second-order valence-electron chi connectivity index (χ2n) is 6.51. The molecule has 8 heteroatoms. The van der Waals surface area contributed by atoms with Crippen LogP contribution in [0.2, 0.25) is 0 Å². The van der Waals surface area contributed by atoms with Crippen LogP contribution in [0.3, 0.4) is 0 Å². The van der Waals surface area contributed by atoms with Gasteiger partial charge in [0.1, 0.15) is 5.75 Å². The number of ether oxygens (including phenoxy) is 1. The van der Waals surface area contributed by atoms with Crippen LogP contribution in [-0.2, 0) is 11.2 Å². The Morgan fingerprint density at radius 2 is 1.90 bits per heavy atom. The number of amides is 1. The van der Waals surface area contributed by atoms with Crippen LogP contribution >= 0.6 is 11.8 Å². The van der Waals surface area contributed by atoms with Crippen molar-refractivity contribution in [2.75, 3.05) is 18.2 Å². The van der Waals surface area contributed by atoms with Crippen LogP contribution in [0.4, 0.5) is 5.69 Å². The minimum absolute atomic E-state index is 0.00127. The van der Waals surface area contributed by atoms with Gasteiger partial charge < -0.3 is 15.2 Å². The molecule has 2 N–H and O–H groups in total. The van der Waals surface area contributed by atoms with Gasteiger partial charge in [0.05, 0.1) is 29.8 Å². The molecule has 3 rings (SSSR count). The number of hydrogen-bond donors (Lipinski definition) is 2. The first-order valence-electron chi connectivity index (χ1n) is 9.42. The predicted octanol–water partition coefficient (Wildman–Crippen LogP) is 3.55. The molecule has 0 spiro atoms. The number of aromatic hydroxyl groups is 1. The van der Waals surface area contributed by atoms with Gasteiger partial charge in [-0.1, -0.05) is 49.0 Å². The van der Waals surface area contributed by atoms with Gasteiger partial charge in [0.25, 0.3) is 5.56 Å². The van der Waals surface area contributed by atoms with Crippen molar-refractivity contribution in [3.63, 3.8) is 0 Å². The highest BCUT2D eigenvalue weighted by Gasteiger charge is 2.19. The fourth-order valence-electron chi connectivity index (χ4n) is 3.02. The zero-order valence-electron chi connectivity index (χ0n) is 17.0. The highest BCUT2D eigenvalue weighted by atomic mass is 32.2. The lowest BCUT2D eigenvalue weighted by Crippen LogP contribution is -2.26. The topological polar surface area (TPSA) is 93.4 Å². The summed E-state index contributed by atoms with van der Waals surface area (Å²) in [6.07, 6.45) is 0.350. The summed E-state index contributed by atoms with van der Waals surface area (Å²) in [5.74, 6) is -0.0359. The predicted molar refractivity (Wildman–Crippen MR) is 118 cm³/mol. The van der Waals surface area contributed by atoms with E-state index in [1.165, 1.54) is 11.7 Å². The maximum atomic E-state index is 13.0. The first-order chi connectivity index (χ1) is 14.5. The minimum Gasteiger partial charge on any atom is -0.495 e. The Hall–Kier alpha value is -3.26. The second kappa shape index (κ2) is 9.49. The molecule has 0 atom stereocenters. The number of nitrogens with one attached hydrogen (secondary N) is 1. The Labute approximate surface area is 178 Å². The Kier molecular flexibility index (Phi) is 6.79. The van der Waals surface area contributed by atoms with E-state index in [4.69, 9.17) is 4.74 Å². The molecule has 156 valence electrons. The maximum Gasteiger partial charge on any atom is 0.265 e. The molecule has 1 aromatic heterocycles. The number of para-hydroxylation sites is 3. The molecule has 2 aromatic carbocycles. The summed E-state index contributed by atoms with van der Waals surface area (Å²) in [7, 11) is 1.53. The number of anilines is 1. The molecule has 0 saturated heterocycles. The molecule has 3 aromatic rings. The smallest absolute Gasteiger partial charge is 0.265 e. The summed E-state index contributed by atoms with van der Waals surface area (Å²) in [5.41, 5.74) is 2.00. The average Bonchev–Trinajstić information content (AvgIpc) is 2.74. The van der Waals surface area contributed by atoms with Crippen molar-refractivity contribution in [3.8, 4) is 17.3 Å². The van der Waals surface area contributed by atoms with Gasteiger partial charge in [-0.15, -0.1) is 0 Å². The van der Waals surface area contributed by atoms with E-state index in [0.29, 0.717) is 23.5 Å². The largest absolute Gasteiger partial charge is 0.495 e. The quantitative estimate of drug-likeness (QED) is 0.444. The second-order valence-corrected chi connectivity index (χ2v) is 7.46. The molecule has 0 aliphatic heterocycles. The third-order valence-corrected chi connectivity index (χ3v) is 5.49. The van der Waals surface area contributed by atoms with E-state index in [1.54, 1.807) is 25.1 Å². The lowest BCUT2D eigenvalue weighted by atomic mass is 10.2. The van der Waals surface area contributed by atoms with Crippen LogP contribution in [0.1, 0.15) is 18.1 Å². The lowest BCUT2D eigenvalue weighted by Gasteiger charge is -2.16. The first-order valence-corrected chi connectivity index (χ1v) is 10.4. The summed E-state index contributed by atoms with van der Waals surface area (Å²) in [4.78, 5) is 29.8. The van der Waals surface area contributed by atoms with E-state index in [-0.39, 0.29) is 33.8 Å². The number of carbonyl (C=O) groups is 1. The van der Waals surface area contributed by atoms with Gasteiger partial charge in [0.15, 0.2) is 5.16 Å². The summed E-state index contributed by atoms with van der Waals surface area (Å²) in [6, 6.07) is 14.5. The molecule has 7 nitrogen and oxygen atoms in total. The maximum absolute atomic E-state index is 13.0. The fourth-order valence-corrected chi connectivity index (χ4v) is 3.82. The molecule has 0 fully saturated rings. The molecule has 0 aliphatic rings. The molecular formula is C22H23N3O4S. The van der Waals surface area contributed by atoms with Crippen molar-refractivity contribution in [1.82, 2.24) is 9.55 Å². The van der Waals surface area contributed by atoms with Crippen LogP contribution in [0.5, 0.6) is 11.6 Å². The van der Waals surface area contributed by atoms with E-state index < -0.39 is 0 Å². The molecule has 0 saturated carbocycles. The fraction of sp³-hybridized carbons (Fsp3) is 0.227. The van der Waals surface area contributed by atoms with E-state index in [9.17, 15) is 14.7 Å². The standard InChI is InChI=1S/C22H23N3O4S/c1-4-15-20(27)24-22(25(21(15)28)17-11-7-5-9-14(17)2)30-13-19(26)23-16-10-6-8-12-18(16)29-3/h5-12,27H,4,13H2,1-3H3,(H,23,26). The number of aryl methyl sites for hydroxylation is 1. The van der Waals surface area contributed by atoms with Crippen molar-refractivity contribution >= 4 is 23.4 Å². The monoisotopic (exact) mass is 425 g/mol. The SMILES string of the molecule is CCc1c(O)nc(SCC(=O)Nc2ccccc2OC)n(-c2ccccc2C)c1=O. The highest BCUT2D eigenvalue weighted by molar-refractivity contribution is 7.99. The van der Waals surface area contributed by atoms with Crippen molar-refractivity contribution < 1.29 is 14.6 Å². The summed E-state index contributed by atoms with van der Waals surface area (Å²) in [6.45, 7) is 3.68. The summed E-state index contributed by atoms with van der Waals surface area (Å²) < 4.78 is 6.70. The molecule has 30 heavy (non-hydrogen) atoms. The van der Waals surface area contributed by atoms with Crippen molar-refractivity contribution in [1.29, 1.82) is 0 Å². The number of carbonyl (C=O) groups excluding carboxylic acids is 1. The number of rotatable bonds is 7. The summed E-state index contributed by atoms with van der Waals surface area (Å²) >= 11 is 1.08. The van der Waals surface area contributed by atoms with Crippen molar-refractivity contribution in [3.05, 3.63) is 70.0 Å². The molecule has 1 heterocycles. The summed E-state index contributed by atoms with van der Waals surface area (Å²) in [5, 5.41) is 13.3. The number of aromatic nitrogens is 2. The number of methoxy groups -OCH3 is 1. The third kappa shape index (κ3) is 4.49. The molecule has 0 radical (unpaired) electrons. The van der Waals surface area contributed by atoms with Crippen LogP contribution in [0, 0.1) is 6.92 Å². The van der Waals surface area contributed by atoms with E-state index >= 15 is 0 Å². The normalized spacial score (nSPS) is 10.6. The Bertz CT molecular complexity index is 1130. The van der Waals surface area contributed by atoms with Crippen LogP contribution in [0.15, 0.2) is 58.5 Å². The zero-order chi connectivity index (χ0) is 21.7. The Balaban J connectivity index is 1.91. The van der Waals surface area contributed by atoms with Crippen molar-refractivity contribution in [2.45, 2.75) is 25.4 Å². The minimum atomic E-state index is -0.341. The van der Waals surface area contributed by atoms with E-state index in [0.717, 1.165) is 17.3 Å². The van der Waals surface area contributed by atoms with Gasteiger partial charge in [-0.25, -0.2) is 0 Å². The van der Waals surface area contributed by atoms with Crippen LogP contribution in [-0.4, -0.2) is 33.4 Å². The molecule has 0 aliphatic carbocycles. The van der Waals surface area contributed by atoms with Gasteiger partial charge in [0.2, 0.25) is 11.8 Å². The highest BCUT2D eigenvalue weighted by Crippen LogP contribution is 2.26. The van der Waals surface area contributed by atoms with E-state index in [1.807, 2.05) is 37.3 Å². The first kappa shape index (κ1) is 21.4. The molecule has 0 bridgehead atoms. The number of nitrogens with zero attached hydrogens (tertiary/aromatic N) is 2. The number of benzene rings is 2.